The Bertz CT molecular complexity index is 285. The van der Waals surface area contributed by atoms with Crippen molar-refractivity contribution in [1.82, 2.24) is 0 Å². The summed E-state index contributed by atoms with van der Waals surface area (Å²) in [6.45, 7) is 1.78. The number of aliphatic hydroxyl groups excluding tert-OH is 1. The molecule has 0 saturated carbocycles. The molecule has 1 N–H and O–H groups in total. The first kappa shape index (κ1) is 9.24. The number of rotatable bonds is 3. The van der Waals surface area contributed by atoms with Crippen LogP contribution in [0.25, 0.3) is 0 Å². The van der Waals surface area contributed by atoms with Crippen molar-refractivity contribution in [2.75, 3.05) is 0 Å². The van der Waals surface area contributed by atoms with Gasteiger partial charge in [-0.3, -0.25) is 0 Å². The monoisotopic (exact) mass is 181 g/mol. The maximum absolute atomic E-state index is 9.02. The molecular formula is C9H11NOS. The second-order valence-electron chi connectivity index (χ2n) is 2.80. The topological polar surface area (TPSA) is 44.0 Å². The first-order chi connectivity index (χ1) is 5.72. The molecule has 0 aromatic carbocycles. The minimum atomic E-state index is -0.252. The van der Waals surface area contributed by atoms with Gasteiger partial charge in [0, 0.05) is 10.3 Å². The molecule has 0 fully saturated rings. The third-order valence-corrected chi connectivity index (χ3v) is 2.59. The van der Waals surface area contributed by atoms with Crippen molar-refractivity contribution in [3.05, 3.63) is 21.9 Å². The van der Waals surface area contributed by atoms with Gasteiger partial charge in [-0.05, 0) is 25.8 Å². The molecule has 0 spiro atoms. The zero-order chi connectivity index (χ0) is 8.97. The summed E-state index contributed by atoms with van der Waals surface area (Å²) in [4.78, 5) is 1.17. The van der Waals surface area contributed by atoms with Crippen LogP contribution in [0.2, 0.25) is 0 Å². The summed E-state index contributed by atoms with van der Waals surface area (Å²) in [5, 5.41) is 19.4. The highest BCUT2D eigenvalue weighted by Gasteiger charge is 2.01. The highest BCUT2D eigenvalue weighted by atomic mass is 32.1. The Morgan fingerprint density at radius 3 is 3.00 bits per heavy atom. The van der Waals surface area contributed by atoms with Crippen LogP contribution in [0, 0.1) is 11.3 Å². The van der Waals surface area contributed by atoms with Crippen molar-refractivity contribution in [3.63, 3.8) is 0 Å². The van der Waals surface area contributed by atoms with Gasteiger partial charge >= 0.3 is 0 Å². The molecule has 1 atom stereocenters. The van der Waals surface area contributed by atoms with Gasteiger partial charge in [-0.1, -0.05) is 0 Å². The Labute approximate surface area is 76.1 Å². The lowest BCUT2D eigenvalue weighted by Crippen LogP contribution is -2.00. The summed E-state index contributed by atoms with van der Waals surface area (Å²) in [6, 6.07) is 3.96. The Morgan fingerprint density at radius 2 is 2.50 bits per heavy atom. The van der Waals surface area contributed by atoms with Gasteiger partial charge in [0.1, 0.15) is 0 Å². The van der Waals surface area contributed by atoms with Crippen LogP contribution in [0.4, 0.5) is 0 Å². The zero-order valence-corrected chi connectivity index (χ0v) is 7.77. The summed E-state index contributed by atoms with van der Waals surface area (Å²) in [7, 11) is 0. The summed E-state index contributed by atoms with van der Waals surface area (Å²) in [6.07, 6.45) is 1.38. The van der Waals surface area contributed by atoms with E-state index in [1.54, 1.807) is 18.3 Å². The van der Waals surface area contributed by atoms with Crippen molar-refractivity contribution in [3.8, 4) is 6.07 Å². The third-order valence-electron chi connectivity index (χ3n) is 1.59. The van der Waals surface area contributed by atoms with E-state index in [9.17, 15) is 0 Å². The second-order valence-corrected chi connectivity index (χ2v) is 3.80. The van der Waals surface area contributed by atoms with Gasteiger partial charge < -0.3 is 5.11 Å². The Kier molecular flexibility index (Phi) is 3.27. The summed E-state index contributed by atoms with van der Waals surface area (Å²) >= 11 is 1.58. The molecule has 12 heavy (non-hydrogen) atoms. The molecule has 0 saturated heterocycles. The minimum Gasteiger partial charge on any atom is -0.393 e. The van der Waals surface area contributed by atoms with Crippen LogP contribution in [0.5, 0.6) is 0 Å². The normalized spacial score (nSPS) is 12.4. The lowest BCUT2D eigenvalue weighted by Gasteiger charge is -1.99. The van der Waals surface area contributed by atoms with Crippen LogP contribution < -0.4 is 0 Å². The average Bonchev–Trinajstić information content (AvgIpc) is 2.48. The van der Waals surface area contributed by atoms with E-state index >= 15 is 0 Å². The fourth-order valence-corrected chi connectivity index (χ4v) is 1.75. The number of aryl methyl sites for hydroxylation is 1. The molecule has 1 heterocycles. The maximum atomic E-state index is 9.02. The fraction of sp³-hybridized carbons (Fsp3) is 0.444. The zero-order valence-electron chi connectivity index (χ0n) is 6.95. The SMILES string of the molecule is CC(O)CCc1cc(C#N)cs1. The van der Waals surface area contributed by atoms with Gasteiger partial charge in [0.25, 0.3) is 0 Å². The van der Waals surface area contributed by atoms with Crippen molar-refractivity contribution in [2.45, 2.75) is 25.9 Å². The molecule has 0 amide bonds. The lowest BCUT2D eigenvalue weighted by atomic mass is 10.2. The van der Waals surface area contributed by atoms with Crippen LogP contribution in [-0.2, 0) is 6.42 Å². The molecule has 1 unspecified atom stereocenters. The van der Waals surface area contributed by atoms with E-state index in [1.807, 2.05) is 11.4 Å². The molecule has 0 bridgehead atoms. The molecular weight excluding hydrogens is 170 g/mol. The quantitative estimate of drug-likeness (QED) is 0.774. The van der Waals surface area contributed by atoms with Crippen molar-refractivity contribution in [1.29, 1.82) is 5.26 Å². The van der Waals surface area contributed by atoms with Gasteiger partial charge in [-0.25, -0.2) is 0 Å². The molecule has 0 aliphatic heterocycles. The number of aliphatic hydroxyl groups is 1. The van der Waals surface area contributed by atoms with Crippen molar-refractivity contribution >= 4 is 11.3 Å². The first-order valence-corrected chi connectivity index (χ1v) is 4.76. The van der Waals surface area contributed by atoms with Gasteiger partial charge in [-0.2, -0.15) is 5.26 Å². The largest absolute Gasteiger partial charge is 0.393 e. The van der Waals surface area contributed by atoms with Gasteiger partial charge in [0.05, 0.1) is 17.7 Å². The first-order valence-electron chi connectivity index (χ1n) is 3.88. The third kappa shape index (κ3) is 2.65. The smallest absolute Gasteiger partial charge is 0.1000 e. The maximum Gasteiger partial charge on any atom is 0.1000 e. The highest BCUT2D eigenvalue weighted by Crippen LogP contribution is 2.16. The van der Waals surface area contributed by atoms with Crippen LogP contribution in [0.15, 0.2) is 11.4 Å². The Morgan fingerprint density at radius 1 is 1.75 bits per heavy atom. The van der Waals surface area contributed by atoms with Crippen LogP contribution in [0.3, 0.4) is 0 Å². The minimum absolute atomic E-state index is 0.252. The van der Waals surface area contributed by atoms with Crippen LogP contribution in [0.1, 0.15) is 23.8 Å². The average molecular weight is 181 g/mol. The van der Waals surface area contributed by atoms with E-state index in [0.717, 1.165) is 18.4 Å². The van der Waals surface area contributed by atoms with Crippen molar-refractivity contribution < 1.29 is 5.11 Å². The molecule has 1 aromatic heterocycles. The lowest BCUT2D eigenvalue weighted by molar-refractivity contribution is 0.185. The molecule has 1 rings (SSSR count). The van der Waals surface area contributed by atoms with Gasteiger partial charge in [0.15, 0.2) is 0 Å². The number of nitriles is 1. The van der Waals surface area contributed by atoms with Crippen LogP contribution >= 0.6 is 11.3 Å². The predicted molar refractivity (Wildman–Crippen MR) is 49.0 cm³/mol. The summed E-state index contributed by atoms with van der Waals surface area (Å²) < 4.78 is 0. The van der Waals surface area contributed by atoms with E-state index < -0.39 is 0 Å². The number of nitrogens with zero attached hydrogens (tertiary/aromatic N) is 1. The molecule has 3 heteroatoms. The Balaban J connectivity index is 2.48. The molecule has 0 aliphatic rings. The highest BCUT2D eigenvalue weighted by molar-refractivity contribution is 7.10. The fourth-order valence-electron chi connectivity index (χ4n) is 0.922. The molecule has 2 nitrogen and oxygen atoms in total. The standard InChI is InChI=1S/C9H11NOS/c1-7(11)2-3-9-4-8(5-10)6-12-9/h4,6-7,11H,2-3H2,1H3. The van der Waals surface area contributed by atoms with Gasteiger partial charge in [0.2, 0.25) is 0 Å². The Hall–Kier alpha value is -0.850. The summed E-state index contributed by atoms with van der Waals surface area (Å²) in [5.41, 5.74) is 0.723. The van der Waals surface area contributed by atoms with Crippen LogP contribution in [-0.4, -0.2) is 11.2 Å². The van der Waals surface area contributed by atoms with E-state index in [4.69, 9.17) is 10.4 Å². The molecule has 0 radical (unpaired) electrons. The number of hydrogen-bond donors (Lipinski definition) is 1. The molecule has 0 aliphatic carbocycles. The predicted octanol–water partition coefficient (Wildman–Crippen LogP) is 1.93. The second kappa shape index (κ2) is 4.24. The van der Waals surface area contributed by atoms with Crippen molar-refractivity contribution in [2.24, 2.45) is 0 Å². The molecule has 1 aromatic rings. The van der Waals surface area contributed by atoms with E-state index in [1.165, 1.54) is 4.88 Å². The van der Waals surface area contributed by atoms with Gasteiger partial charge in [-0.15, -0.1) is 11.3 Å². The van der Waals surface area contributed by atoms with E-state index in [-0.39, 0.29) is 6.10 Å². The summed E-state index contributed by atoms with van der Waals surface area (Å²) in [5.74, 6) is 0. The number of hydrogen-bond acceptors (Lipinski definition) is 3. The van der Waals surface area contributed by atoms with E-state index in [0.29, 0.717) is 0 Å². The van der Waals surface area contributed by atoms with E-state index in [2.05, 4.69) is 6.07 Å². The molecule has 64 valence electrons. The number of thiophene rings is 1.